The molecule has 154 valence electrons. The van der Waals surface area contributed by atoms with Crippen molar-refractivity contribution in [3.8, 4) is 11.5 Å². The molecule has 0 fully saturated rings. The first kappa shape index (κ1) is 21.5. The summed E-state index contributed by atoms with van der Waals surface area (Å²) in [6.07, 6.45) is 2.73. The second-order valence-corrected chi connectivity index (χ2v) is 7.27. The summed E-state index contributed by atoms with van der Waals surface area (Å²) in [4.78, 5) is 14.1. The minimum Gasteiger partial charge on any atom is -0.493 e. The molecule has 2 aromatic carbocycles. The molecule has 0 spiro atoms. The topological polar surface area (TPSA) is 98.9 Å². The lowest BCUT2D eigenvalue weighted by atomic mass is 10.2. The molecule has 30 heavy (non-hydrogen) atoms. The summed E-state index contributed by atoms with van der Waals surface area (Å²) in [5, 5.41) is 15.4. The van der Waals surface area contributed by atoms with Crippen molar-refractivity contribution in [2.45, 2.75) is 6.61 Å². The Hall–Kier alpha value is -3.17. The second-order valence-electron chi connectivity index (χ2n) is 5.98. The number of methoxy groups -OCH3 is 1. The van der Waals surface area contributed by atoms with E-state index < -0.39 is 4.92 Å². The van der Waals surface area contributed by atoms with Gasteiger partial charge in [-0.3, -0.25) is 15.5 Å². The molecule has 0 bridgehead atoms. The average molecular weight is 492 g/mol. The van der Waals surface area contributed by atoms with E-state index in [9.17, 15) is 10.1 Å². The molecule has 1 N–H and O–H groups in total. The van der Waals surface area contributed by atoms with Crippen LogP contribution in [-0.4, -0.2) is 23.2 Å². The quantitative estimate of drug-likeness (QED) is 0.256. The van der Waals surface area contributed by atoms with Crippen LogP contribution in [0.5, 0.6) is 11.5 Å². The van der Waals surface area contributed by atoms with Crippen LogP contribution in [0, 0.1) is 10.1 Å². The smallest absolute Gasteiger partial charge is 0.287 e. The van der Waals surface area contributed by atoms with Gasteiger partial charge in [-0.1, -0.05) is 23.7 Å². The Balaban J connectivity index is 1.68. The van der Waals surface area contributed by atoms with Crippen LogP contribution in [0.2, 0.25) is 5.02 Å². The molecule has 0 amide bonds. The molecule has 1 heterocycles. The Labute approximate surface area is 185 Å². The molecule has 1 aromatic heterocycles. The van der Waals surface area contributed by atoms with Crippen LogP contribution >= 0.6 is 27.5 Å². The molecule has 10 heteroatoms. The van der Waals surface area contributed by atoms with Crippen molar-refractivity contribution in [1.82, 2.24) is 4.98 Å². The van der Waals surface area contributed by atoms with Crippen molar-refractivity contribution in [1.29, 1.82) is 0 Å². The van der Waals surface area contributed by atoms with Gasteiger partial charge < -0.3 is 9.47 Å². The van der Waals surface area contributed by atoms with Crippen LogP contribution in [0.15, 0.2) is 64.3 Å². The predicted molar refractivity (Wildman–Crippen MR) is 119 cm³/mol. The zero-order valence-electron chi connectivity index (χ0n) is 15.7. The van der Waals surface area contributed by atoms with Crippen LogP contribution in [-0.2, 0) is 6.61 Å². The number of pyridine rings is 1. The summed E-state index contributed by atoms with van der Waals surface area (Å²) in [5.74, 6) is 1.48. The van der Waals surface area contributed by atoms with E-state index in [1.54, 1.807) is 31.5 Å². The van der Waals surface area contributed by atoms with E-state index in [4.69, 9.17) is 21.1 Å². The fourth-order valence-corrected chi connectivity index (χ4v) is 3.12. The summed E-state index contributed by atoms with van der Waals surface area (Å²) in [7, 11) is 1.55. The monoisotopic (exact) mass is 490 g/mol. The van der Waals surface area contributed by atoms with Gasteiger partial charge in [-0.05, 0) is 57.4 Å². The van der Waals surface area contributed by atoms with Crippen molar-refractivity contribution in [3.63, 3.8) is 0 Å². The minimum absolute atomic E-state index is 0.0904. The number of hydrazone groups is 1. The maximum atomic E-state index is 10.7. The Morgan fingerprint density at radius 1 is 1.27 bits per heavy atom. The van der Waals surface area contributed by atoms with Crippen LogP contribution in [0.4, 0.5) is 11.5 Å². The number of benzene rings is 2. The molecular formula is C20H16BrClN4O4. The third-order valence-electron chi connectivity index (χ3n) is 3.90. The summed E-state index contributed by atoms with van der Waals surface area (Å²) < 4.78 is 12.0. The largest absolute Gasteiger partial charge is 0.493 e. The molecule has 8 nitrogen and oxygen atoms in total. The van der Waals surface area contributed by atoms with Crippen molar-refractivity contribution >= 4 is 45.3 Å². The highest BCUT2D eigenvalue weighted by atomic mass is 79.9. The fourth-order valence-electron chi connectivity index (χ4n) is 2.42. The molecule has 3 aromatic rings. The lowest BCUT2D eigenvalue weighted by Crippen LogP contribution is -2.00. The van der Waals surface area contributed by atoms with E-state index in [2.05, 4.69) is 31.4 Å². The van der Waals surface area contributed by atoms with E-state index in [0.717, 1.165) is 17.3 Å². The molecular weight excluding hydrogens is 476 g/mol. The summed E-state index contributed by atoms with van der Waals surface area (Å²) in [6, 6.07) is 13.8. The summed E-state index contributed by atoms with van der Waals surface area (Å²) in [6.45, 7) is 0.354. The van der Waals surface area contributed by atoms with Crippen molar-refractivity contribution < 1.29 is 14.4 Å². The van der Waals surface area contributed by atoms with Gasteiger partial charge in [-0.2, -0.15) is 5.10 Å². The lowest BCUT2D eigenvalue weighted by molar-refractivity contribution is -0.385. The molecule has 0 saturated heterocycles. The molecule has 0 aliphatic heterocycles. The number of rotatable bonds is 8. The number of nitro groups is 1. The van der Waals surface area contributed by atoms with Crippen LogP contribution in [0.3, 0.4) is 0 Å². The molecule has 0 unspecified atom stereocenters. The van der Waals surface area contributed by atoms with Gasteiger partial charge in [0, 0.05) is 11.1 Å². The number of nitrogens with zero attached hydrogens (tertiary/aromatic N) is 3. The SMILES string of the molecule is COc1cc(/C=N/Nc2ccc([N+](=O)[O-])cn2)cc(Br)c1OCc1ccc(Cl)cc1. The van der Waals surface area contributed by atoms with Gasteiger partial charge in [0.2, 0.25) is 0 Å². The minimum atomic E-state index is -0.513. The highest BCUT2D eigenvalue weighted by Gasteiger charge is 2.12. The van der Waals surface area contributed by atoms with E-state index in [1.165, 1.54) is 12.1 Å². The molecule has 0 aliphatic rings. The Morgan fingerprint density at radius 2 is 2.03 bits per heavy atom. The second kappa shape index (κ2) is 10.0. The number of halogens is 2. The maximum Gasteiger partial charge on any atom is 0.287 e. The van der Waals surface area contributed by atoms with Crippen LogP contribution in [0.25, 0.3) is 0 Å². The van der Waals surface area contributed by atoms with E-state index >= 15 is 0 Å². The molecule has 0 aliphatic carbocycles. The van der Waals surface area contributed by atoms with Crippen LogP contribution in [0.1, 0.15) is 11.1 Å². The Kier molecular flexibility index (Phi) is 7.21. The molecule has 0 radical (unpaired) electrons. The van der Waals surface area contributed by atoms with Crippen LogP contribution < -0.4 is 14.9 Å². The molecule has 0 saturated carbocycles. The predicted octanol–water partition coefficient (Wildman–Crippen LogP) is 5.44. The third-order valence-corrected chi connectivity index (χ3v) is 4.74. The third kappa shape index (κ3) is 5.68. The van der Waals surface area contributed by atoms with Gasteiger partial charge in [0.25, 0.3) is 5.69 Å². The zero-order chi connectivity index (χ0) is 21.5. The van der Waals surface area contributed by atoms with E-state index in [1.807, 2.05) is 18.2 Å². The Morgan fingerprint density at radius 3 is 2.67 bits per heavy atom. The number of hydrogen-bond donors (Lipinski definition) is 1. The average Bonchev–Trinajstić information content (AvgIpc) is 2.74. The van der Waals surface area contributed by atoms with Gasteiger partial charge in [-0.15, -0.1) is 0 Å². The number of anilines is 1. The number of nitrogens with one attached hydrogen (secondary N) is 1. The first-order valence-electron chi connectivity index (χ1n) is 8.60. The Bertz CT molecular complexity index is 1060. The van der Waals surface area contributed by atoms with E-state index in [-0.39, 0.29) is 5.69 Å². The standard InChI is InChI=1S/C20H16BrClN4O4/c1-29-18-9-14(10-24-25-19-7-6-16(11-23-19)26(27)28)8-17(21)20(18)30-12-13-2-4-15(22)5-3-13/h2-11H,12H2,1H3,(H,23,25)/b24-10+. The van der Waals surface area contributed by atoms with Gasteiger partial charge in [0.05, 0.1) is 22.7 Å². The van der Waals surface area contributed by atoms with Gasteiger partial charge in [-0.25, -0.2) is 4.98 Å². The van der Waals surface area contributed by atoms with E-state index in [0.29, 0.717) is 33.4 Å². The molecule has 0 atom stereocenters. The van der Waals surface area contributed by atoms with Crippen molar-refractivity contribution in [2.75, 3.05) is 12.5 Å². The summed E-state index contributed by atoms with van der Waals surface area (Å²) in [5.41, 5.74) is 4.34. The molecule has 3 rings (SSSR count). The fraction of sp³-hybridized carbons (Fsp3) is 0.100. The normalized spacial score (nSPS) is 10.8. The highest BCUT2D eigenvalue weighted by molar-refractivity contribution is 9.10. The zero-order valence-corrected chi connectivity index (χ0v) is 18.1. The lowest BCUT2D eigenvalue weighted by Gasteiger charge is -2.13. The first-order valence-corrected chi connectivity index (χ1v) is 9.77. The van der Waals surface area contributed by atoms with Crippen molar-refractivity contribution in [2.24, 2.45) is 5.10 Å². The van der Waals surface area contributed by atoms with Crippen molar-refractivity contribution in [3.05, 3.63) is 85.5 Å². The highest BCUT2D eigenvalue weighted by Crippen LogP contribution is 2.37. The maximum absolute atomic E-state index is 10.7. The van der Waals surface area contributed by atoms with Gasteiger partial charge in [0.1, 0.15) is 18.6 Å². The number of aromatic nitrogens is 1. The number of ether oxygens (including phenoxy) is 2. The summed E-state index contributed by atoms with van der Waals surface area (Å²) >= 11 is 9.40. The first-order chi connectivity index (χ1) is 14.5. The van der Waals surface area contributed by atoms with Gasteiger partial charge >= 0.3 is 0 Å². The van der Waals surface area contributed by atoms with Gasteiger partial charge in [0.15, 0.2) is 11.5 Å². The number of hydrogen-bond acceptors (Lipinski definition) is 7.